The van der Waals surface area contributed by atoms with Gasteiger partial charge in [-0.25, -0.2) is 0 Å². The van der Waals surface area contributed by atoms with Crippen molar-refractivity contribution in [2.24, 2.45) is 0 Å². The van der Waals surface area contributed by atoms with E-state index in [9.17, 15) is 0 Å². The molecule has 0 saturated carbocycles. The molecule has 1 atom stereocenters. The molecule has 3 heteroatoms. The molecular formula is C7H15N2Y-. The van der Waals surface area contributed by atoms with Crippen molar-refractivity contribution in [2.45, 2.75) is 19.4 Å². The Bertz CT molecular complexity index is 77.7. The summed E-state index contributed by atoms with van der Waals surface area (Å²) < 4.78 is 0. The van der Waals surface area contributed by atoms with Crippen LogP contribution >= 0.6 is 0 Å². The van der Waals surface area contributed by atoms with Crippen molar-refractivity contribution < 1.29 is 32.7 Å². The minimum atomic E-state index is 0. The standard InChI is InChI=1S/C7H15N2.Y/c1-3-9-5-4-7(6-9)8-2;/h7H,3-6H2,1-2H3;/q-1;/t7-;/m0./s1. The zero-order valence-electron chi connectivity index (χ0n) is 6.88. The van der Waals surface area contributed by atoms with Gasteiger partial charge in [-0.15, -0.1) is 6.04 Å². The predicted octanol–water partition coefficient (Wildman–Crippen LogP) is 1.08. The van der Waals surface area contributed by atoms with Crippen LogP contribution in [-0.2, 0) is 32.7 Å². The summed E-state index contributed by atoms with van der Waals surface area (Å²) in [6.07, 6.45) is 1.27. The summed E-state index contributed by atoms with van der Waals surface area (Å²) in [6.45, 7) is 5.83. The normalized spacial score (nSPS) is 26.4. The molecule has 0 aromatic rings. The number of hydrogen-bond acceptors (Lipinski definition) is 1. The van der Waals surface area contributed by atoms with Crippen LogP contribution < -0.4 is 0 Å². The molecule has 0 unspecified atom stereocenters. The Morgan fingerprint density at radius 3 is 2.60 bits per heavy atom. The van der Waals surface area contributed by atoms with Crippen molar-refractivity contribution in [3.63, 3.8) is 0 Å². The summed E-state index contributed by atoms with van der Waals surface area (Å²) >= 11 is 0. The summed E-state index contributed by atoms with van der Waals surface area (Å²) in [4.78, 5) is 2.44. The van der Waals surface area contributed by atoms with Crippen LogP contribution in [-0.4, -0.2) is 37.6 Å². The van der Waals surface area contributed by atoms with E-state index in [0.29, 0.717) is 6.04 Å². The van der Waals surface area contributed by atoms with Gasteiger partial charge in [-0.2, -0.15) is 7.05 Å². The van der Waals surface area contributed by atoms with Gasteiger partial charge in [0.15, 0.2) is 0 Å². The van der Waals surface area contributed by atoms with E-state index in [0.717, 1.165) is 0 Å². The first-order chi connectivity index (χ1) is 4.36. The average molecular weight is 216 g/mol. The molecule has 1 radical (unpaired) electrons. The fourth-order valence-corrected chi connectivity index (χ4v) is 1.31. The van der Waals surface area contributed by atoms with Crippen LogP contribution in [0, 0.1) is 0 Å². The minimum Gasteiger partial charge on any atom is -0.661 e. The van der Waals surface area contributed by atoms with Crippen LogP contribution in [0.25, 0.3) is 5.32 Å². The van der Waals surface area contributed by atoms with E-state index in [1.54, 1.807) is 0 Å². The zero-order valence-corrected chi connectivity index (χ0v) is 9.72. The monoisotopic (exact) mass is 216 g/mol. The molecule has 2 nitrogen and oxygen atoms in total. The van der Waals surface area contributed by atoms with Gasteiger partial charge in [-0.3, -0.25) is 0 Å². The fraction of sp³-hybridized carbons (Fsp3) is 1.00. The smallest absolute Gasteiger partial charge is 0 e. The molecule has 10 heavy (non-hydrogen) atoms. The topological polar surface area (TPSA) is 17.3 Å². The molecule has 1 rings (SSSR count). The van der Waals surface area contributed by atoms with Crippen LogP contribution in [0.2, 0.25) is 0 Å². The first kappa shape index (κ1) is 11.0. The van der Waals surface area contributed by atoms with Gasteiger partial charge >= 0.3 is 0 Å². The Balaban J connectivity index is 0.000000810. The van der Waals surface area contributed by atoms with Crippen molar-refractivity contribution in [3.8, 4) is 0 Å². The largest absolute Gasteiger partial charge is 0.661 e. The molecule has 0 aromatic heterocycles. The quantitative estimate of drug-likeness (QED) is 0.675. The van der Waals surface area contributed by atoms with Crippen LogP contribution in [0.3, 0.4) is 0 Å². The molecule has 1 saturated heterocycles. The summed E-state index contributed by atoms with van der Waals surface area (Å²) in [5, 5.41) is 4.24. The van der Waals surface area contributed by atoms with Crippen molar-refractivity contribution in [1.29, 1.82) is 0 Å². The van der Waals surface area contributed by atoms with Gasteiger partial charge in [-0.1, -0.05) is 13.3 Å². The molecule has 0 N–H and O–H groups in total. The minimum absolute atomic E-state index is 0. The molecule has 57 valence electrons. The van der Waals surface area contributed by atoms with Gasteiger partial charge in [0.1, 0.15) is 0 Å². The predicted molar refractivity (Wildman–Crippen MR) is 39.8 cm³/mol. The molecule has 0 aromatic carbocycles. The summed E-state index contributed by atoms with van der Waals surface area (Å²) in [5.41, 5.74) is 0. The van der Waals surface area contributed by atoms with Gasteiger partial charge in [0.25, 0.3) is 0 Å². The van der Waals surface area contributed by atoms with E-state index in [2.05, 4.69) is 17.1 Å². The fourth-order valence-electron chi connectivity index (χ4n) is 1.31. The molecule has 0 spiro atoms. The molecule has 1 heterocycles. The summed E-state index contributed by atoms with van der Waals surface area (Å²) in [5.74, 6) is 0. The Labute approximate surface area is 88.6 Å². The molecule has 1 aliphatic heterocycles. The first-order valence-corrected chi connectivity index (χ1v) is 3.68. The zero-order chi connectivity index (χ0) is 6.69. The van der Waals surface area contributed by atoms with Gasteiger partial charge in [0.05, 0.1) is 0 Å². The third-order valence-electron chi connectivity index (χ3n) is 2.06. The number of rotatable bonds is 2. The van der Waals surface area contributed by atoms with E-state index in [4.69, 9.17) is 0 Å². The van der Waals surface area contributed by atoms with E-state index in [-0.39, 0.29) is 32.7 Å². The second-order valence-electron chi connectivity index (χ2n) is 2.59. The van der Waals surface area contributed by atoms with Gasteiger partial charge in [-0.05, 0) is 19.6 Å². The van der Waals surface area contributed by atoms with E-state index in [1.165, 1.54) is 26.1 Å². The second-order valence-corrected chi connectivity index (χ2v) is 2.59. The molecule has 0 amide bonds. The van der Waals surface area contributed by atoms with Crippen LogP contribution in [0.4, 0.5) is 0 Å². The Hall–Kier alpha value is 1.02. The molecule has 0 aliphatic carbocycles. The molecule has 0 bridgehead atoms. The SMILES string of the molecule is CCN1CC[C@H]([N-]C)C1.[Y]. The van der Waals surface area contributed by atoms with Gasteiger partial charge in [0.2, 0.25) is 0 Å². The molecular weight excluding hydrogens is 201 g/mol. The first-order valence-electron chi connectivity index (χ1n) is 3.68. The Morgan fingerprint density at radius 2 is 2.30 bits per heavy atom. The maximum Gasteiger partial charge on any atom is 0 e. The molecule has 1 fully saturated rings. The number of likely N-dealkylation sites (N-methyl/N-ethyl adjacent to an activating group) is 2. The van der Waals surface area contributed by atoms with E-state index >= 15 is 0 Å². The average Bonchev–Trinajstić information content (AvgIpc) is 2.34. The second kappa shape index (κ2) is 5.65. The van der Waals surface area contributed by atoms with Crippen LogP contribution in [0.5, 0.6) is 0 Å². The van der Waals surface area contributed by atoms with Crippen molar-refractivity contribution in [2.75, 3.05) is 26.7 Å². The van der Waals surface area contributed by atoms with Crippen LogP contribution in [0.15, 0.2) is 0 Å². The summed E-state index contributed by atoms with van der Waals surface area (Å²) in [7, 11) is 1.92. The van der Waals surface area contributed by atoms with E-state index < -0.39 is 0 Å². The van der Waals surface area contributed by atoms with Crippen LogP contribution in [0.1, 0.15) is 13.3 Å². The van der Waals surface area contributed by atoms with Crippen molar-refractivity contribution in [3.05, 3.63) is 5.32 Å². The molecule has 1 aliphatic rings. The Morgan fingerprint density at radius 1 is 1.60 bits per heavy atom. The van der Waals surface area contributed by atoms with Gasteiger partial charge < -0.3 is 10.2 Å². The maximum absolute atomic E-state index is 4.24. The third-order valence-corrected chi connectivity index (χ3v) is 2.06. The van der Waals surface area contributed by atoms with Crippen molar-refractivity contribution in [1.82, 2.24) is 4.90 Å². The number of hydrogen-bond donors (Lipinski definition) is 0. The number of nitrogens with zero attached hydrogens (tertiary/aromatic N) is 2. The van der Waals surface area contributed by atoms with Gasteiger partial charge in [0, 0.05) is 32.7 Å². The van der Waals surface area contributed by atoms with Crippen molar-refractivity contribution >= 4 is 0 Å². The summed E-state index contributed by atoms with van der Waals surface area (Å²) in [6, 6.07) is 0.630. The van der Waals surface area contributed by atoms with E-state index in [1.807, 2.05) is 7.05 Å². The number of likely N-dealkylation sites (tertiary alicyclic amines) is 1. The third kappa shape index (κ3) is 2.95. The Kier molecular flexibility index (Phi) is 6.22. The maximum atomic E-state index is 4.24.